The van der Waals surface area contributed by atoms with E-state index in [1.165, 1.54) is 0 Å². The molecule has 0 rings (SSSR count). The van der Waals surface area contributed by atoms with Crippen molar-refractivity contribution in [3.05, 3.63) is 0 Å². The number of hydrogen-bond acceptors (Lipinski definition) is 4. The second kappa shape index (κ2) is 7.98. The van der Waals surface area contributed by atoms with E-state index in [1.54, 1.807) is 6.92 Å². The lowest BCUT2D eigenvalue weighted by Crippen LogP contribution is -2.42. The van der Waals surface area contributed by atoms with Gasteiger partial charge < -0.3 is 15.4 Å². The molecule has 1 atom stereocenters. The van der Waals surface area contributed by atoms with Crippen molar-refractivity contribution in [1.82, 2.24) is 4.90 Å². The van der Waals surface area contributed by atoms with E-state index in [0.717, 1.165) is 7.11 Å². The summed E-state index contributed by atoms with van der Waals surface area (Å²) in [5.74, 6) is -1.38. The van der Waals surface area contributed by atoms with Crippen LogP contribution >= 0.6 is 0 Å². The molecule has 0 saturated heterocycles. The smallest absolute Gasteiger partial charge is 0.406 e. The molecule has 0 aliphatic heterocycles. The van der Waals surface area contributed by atoms with Gasteiger partial charge in [0.05, 0.1) is 13.5 Å². The van der Waals surface area contributed by atoms with Crippen molar-refractivity contribution in [1.29, 1.82) is 0 Å². The number of alkyl halides is 3. The van der Waals surface area contributed by atoms with Crippen LogP contribution in [0.5, 0.6) is 0 Å². The topological polar surface area (TPSA) is 72.6 Å². The van der Waals surface area contributed by atoms with E-state index in [2.05, 4.69) is 4.74 Å². The van der Waals surface area contributed by atoms with Crippen molar-refractivity contribution in [3.63, 3.8) is 0 Å². The molecule has 0 saturated carbocycles. The van der Waals surface area contributed by atoms with Gasteiger partial charge in [-0.15, -0.1) is 0 Å². The standard InChI is InChI=1S/C11H19F3N2O3/c1-3-8(15)6-9(17)16(7-11(12,13)14)5-4-10(18)19-2/h8H,3-7,15H2,1-2H3. The highest BCUT2D eigenvalue weighted by atomic mass is 19.4. The van der Waals surface area contributed by atoms with Gasteiger partial charge in [-0.05, 0) is 6.42 Å². The molecule has 0 aliphatic carbocycles. The maximum Gasteiger partial charge on any atom is 0.406 e. The highest BCUT2D eigenvalue weighted by molar-refractivity contribution is 5.77. The van der Waals surface area contributed by atoms with Crippen LogP contribution in [0.15, 0.2) is 0 Å². The molecule has 2 N–H and O–H groups in total. The molecule has 0 spiro atoms. The Balaban J connectivity index is 4.56. The monoisotopic (exact) mass is 284 g/mol. The molecule has 0 fully saturated rings. The quantitative estimate of drug-likeness (QED) is 0.710. The van der Waals surface area contributed by atoms with Gasteiger partial charge >= 0.3 is 12.1 Å². The summed E-state index contributed by atoms with van der Waals surface area (Å²) in [5.41, 5.74) is 5.54. The Kier molecular flexibility index (Phi) is 7.43. The van der Waals surface area contributed by atoms with Crippen LogP contribution in [-0.2, 0) is 14.3 Å². The zero-order valence-corrected chi connectivity index (χ0v) is 11.0. The molecule has 1 unspecified atom stereocenters. The van der Waals surface area contributed by atoms with Crippen LogP contribution in [0, 0.1) is 0 Å². The molecular weight excluding hydrogens is 265 g/mol. The maximum absolute atomic E-state index is 12.4. The van der Waals surface area contributed by atoms with Crippen LogP contribution in [0.4, 0.5) is 13.2 Å². The number of nitrogens with zero attached hydrogens (tertiary/aromatic N) is 1. The summed E-state index contributed by atoms with van der Waals surface area (Å²) in [7, 11) is 1.13. The average molecular weight is 284 g/mol. The predicted molar refractivity (Wildman–Crippen MR) is 62.2 cm³/mol. The number of nitrogens with two attached hydrogens (primary N) is 1. The third-order valence-corrected chi connectivity index (χ3v) is 2.50. The first-order valence-electron chi connectivity index (χ1n) is 5.86. The van der Waals surface area contributed by atoms with Gasteiger partial charge in [0.15, 0.2) is 0 Å². The molecule has 112 valence electrons. The van der Waals surface area contributed by atoms with Crippen LogP contribution in [0.3, 0.4) is 0 Å². The number of amides is 1. The molecule has 0 aliphatic rings. The summed E-state index contributed by atoms with van der Waals surface area (Å²) < 4.78 is 41.4. The molecule has 0 aromatic rings. The molecule has 1 amide bonds. The maximum atomic E-state index is 12.4. The lowest BCUT2D eigenvalue weighted by molar-refractivity contribution is -0.163. The SMILES string of the molecule is CCC(N)CC(=O)N(CCC(=O)OC)CC(F)(F)F. The Morgan fingerprint density at radius 2 is 1.95 bits per heavy atom. The van der Waals surface area contributed by atoms with Gasteiger partial charge in [-0.3, -0.25) is 9.59 Å². The second-order valence-corrected chi connectivity index (χ2v) is 4.13. The highest BCUT2D eigenvalue weighted by Crippen LogP contribution is 2.17. The van der Waals surface area contributed by atoms with Crippen LogP contribution < -0.4 is 5.73 Å². The number of ether oxygens (including phenoxy) is 1. The molecule has 0 aromatic carbocycles. The zero-order valence-electron chi connectivity index (χ0n) is 11.0. The average Bonchev–Trinajstić information content (AvgIpc) is 2.32. The first-order chi connectivity index (χ1) is 8.69. The first-order valence-corrected chi connectivity index (χ1v) is 5.86. The minimum atomic E-state index is -4.51. The number of rotatable bonds is 7. The van der Waals surface area contributed by atoms with Crippen LogP contribution in [0.1, 0.15) is 26.2 Å². The highest BCUT2D eigenvalue weighted by Gasteiger charge is 2.33. The van der Waals surface area contributed by atoms with Gasteiger partial charge in [-0.2, -0.15) is 13.2 Å². The van der Waals surface area contributed by atoms with E-state index in [4.69, 9.17) is 5.73 Å². The molecule has 0 bridgehead atoms. The molecular formula is C11H19F3N2O3. The molecule has 8 heteroatoms. The van der Waals surface area contributed by atoms with E-state index in [9.17, 15) is 22.8 Å². The van der Waals surface area contributed by atoms with Crippen molar-refractivity contribution in [2.75, 3.05) is 20.2 Å². The third kappa shape index (κ3) is 8.41. The van der Waals surface area contributed by atoms with Crippen molar-refractivity contribution < 1.29 is 27.5 Å². The Bertz CT molecular complexity index is 308. The zero-order chi connectivity index (χ0) is 15.1. The molecule has 0 radical (unpaired) electrons. The second-order valence-electron chi connectivity index (χ2n) is 4.13. The number of carbonyl (C=O) groups is 2. The van der Waals surface area contributed by atoms with E-state index < -0.39 is 30.6 Å². The number of esters is 1. The van der Waals surface area contributed by atoms with Crippen molar-refractivity contribution in [2.45, 2.75) is 38.4 Å². The van der Waals surface area contributed by atoms with Gasteiger partial charge in [0.25, 0.3) is 0 Å². The van der Waals surface area contributed by atoms with E-state index in [0.29, 0.717) is 11.3 Å². The largest absolute Gasteiger partial charge is 0.469 e. The Labute approximate surface area is 109 Å². The lowest BCUT2D eigenvalue weighted by atomic mass is 10.1. The summed E-state index contributed by atoms with van der Waals surface area (Å²) in [6.45, 7) is 0.0151. The summed E-state index contributed by atoms with van der Waals surface area (Å²) >= 11 is 0. The summed E-state index contributed by atoms with van der Waals surface area (Å²) in [4.78, 5) is 23.2. The molecule has 0 aromatic heterocycles. The van der Waals surface area contributed by atoms with Gasteiger partial charge in [0.1, 0.15) is 6.54 Å². The number of halogens is 3. The van der Waals surface area contributed by atoms with Gasteiger partial charge in [0, 0.05) is 19.0 Å². The summed E-state index contributed by atoms with van der Waals surface area (Å²) in [5, 5.41) is 0. The van der Waals surface area contributed by atoms with Crippen molar-refractivity contribution in [3.8, 4) is 0 Å². The normalized spacial score (nSPS) is 12.9. The number of carbonyl (C=O) groups excluding carboxylic acids is 2. The predicted octanol–water partition coefficient (Wildman–Crippen LogP) is 1.07. The van der Waals surface area contributed by atoms with Crippen molar-refractivity contribution in [2.24, 2.45) is 5.73 Å². The lowest BCUT2D eigenvalue weighted by Gasteiger charge is -2.24. The van der Waals surface area contributed by atoms with Crippen LogP contribution in [-0.4, -0.2) is 49.2 Å². The minimum Gasteiger partial charge on any atom is -0.469 e. The van der Waals surface area contributed by atoms with Crippen molar-refractivity contribution >= 4 is 11.9 Å². The fourth-order valence-electron chi connectivity index (χ4n) is 1.33. The van der Waals surface area contributed by atoms with Crippen LogP contribution in [0.25, 0.3) is 0 Å². The Morgan fingerprint density at radius 1 is 1.37 bits per heavy atom. The van der Waals surface area contributed by atoms with Gasteiger partial charge in [-0.25, -0.2) is 0 Å². The molecule has 5 nitrogen and oxygen atoms in total. The van der Waals surface area contributed by atoms with E-state index >= 15 is 0 Å². The van der Waals surface area contributed by atoms with E-state index in [-0.39, 0.29) is 19.4 Å². The summed E-state index contributed by atoms with van der Waals surface area (Å²) in [6, 6.07) is -0.485. The minimum absolute atomic E-state index is 0.173. The van der Waals surface area contributed by atoms with Crippen LogP contribution in [0.2, 0.25) is 0 Å². The molecule has 19 heavy (non-hydrogen) atoms. The Hall–Kier alpha value is -1.31. The fourth-order valence-corrected chi connectivity index (χ4v) is 1.33. The van der Waals surface area contributed by atoms with E-state index in [1.807, 2.05) is 0 Å². The first kappa shape index (κ1) is 17.7. The molecule has 0 heterocycles. The number of methoxy groups -OCH3 is 1. The fraction of sp³-hybridized carbons (Fsp3) is 0.818. The van der Waals surface area contributed by atoms with Gasteiger partial charge in [-0.1, -0.05) is 6.92 Å². The Morgan fingerprint density at radius 3 is 2.37 bits per heavy atom. The number of hydrogen-bond donors (Lipinski definition) is 1. The summed E-state index contributed by atoms with van der Waals surface area (Å²) in [6.07, 6.45) is -4.47. The van der Waals surface area contributed by atoms with Gasteiger partial charge in [0.2, 0.25) is 5.91 Å². The third-order valence-electron chi connectivity index (χ3n) is 2.50.